The van der Waals surface area contributed by atoms with Crippen LogP contribution in [0.2, 0.25) is 0 Å². The maximum Gasteiger partial charge on any atom is 0.144 e. The average Bonchev–Trinajstić information content (AvgIpc) is 2.42. The lowest BCUT2D eigenvalue weighted by Crippen LogP contribution is -2.22. The van der Waals surface area contributed by atoms with Crippen molar-refractivity contribution in [3.63, 3.8) is 0 Å². The maximum atomic E-state index is 13.3. The van der Waals surface area contributed by atoms with E-state index >= 15 is 0 Å². The van der Waals surface area contributed by atoms with E-state index in [4.69, 9.17) is 4.74 Å². The van der Waals surface area contributed by atoms with Crippen molar-refractivity contribution in [2.45, 2.75) is 26.4 Å². The van der Waals surface area contributed by atoms with Crippen LogP contribution < -0.4 is 10.1 Å². The van der Waals surface area contributed by atoms with Crippen LogP contribution in [-0.4, -0.2) is 11.0 Å². The van der Waals surface area contributed by atoms with Gasteiger partial charge in [0.15, 0.2) is 0 Å². The number of aromatic nitrogens is 1. The lowest BCUT2D eigenvalue weighted by Gasteiger charge is -2.13. The molecule has 0 aliphatic rings. The van der Waals surface area contributed by atoms with Crippen molar-refractivity contribution in [1.82, 2.24) is 10.3 Å². The van der Waals surface area contributed by atoms with E-state index in [0.717, 1.165) is 5.56 Å². The second-order valence-electron chi connectivity index (χ2n) is 4.70. The first-order chi connectivity index (χ1) is 9.56. The summed E-state index contributed by atoms with van der Waals surface area (Å²) in [6.45, 7) is 4.79. The van der Waals surface area contributed by atoms with Crippen molar-refractivity contribution in [3.8, 4) is 11.5 Å². The Balaban J connectivity index is 2.22. The first kappa shape index (κ1) is 14.9. The minimum absolute atomic E-state index is 0.334. The van der Waals surface area contributed by atoms with Crippen molar-refractivity contribution in [2.75, 3.05) is 0 Å². The molecule has 1 aromatic heterocycles. The van der Waals surface area contributed by atoms with E-state index in [9.17, 15) is 4.39 Å². The van der Waals surface area contributed by atoms with Gasteiger partial charge in [0.05, 0.1) is 4.47 Å². The molecule has 0 radical (unpaired) electrons. The number of nitrogens with zero attached hydrogens (tertiary/aromatic N) is 1. The third-order valence-electron chi connectivity index (χ3n) is 2.67. The largest absolute Gasteiger partial charge is 0.456 e. The summed E-state index contributed by atoms with van der Waals surface area (Å²) < 4.78 is 19.8. The molecular weight excluding hydrogens is 323 g/mol. The molecule has 2 aromatic rings. The first-order valence-corrected chi connectivity index (χ1v) is 7.14. The Morgan fingerprint density at radius 2 is 2.10 bits per heavy atom. The number of pyridine rings is 1. The number of halogens is 2. The number of hydrogen-bond donors (Lipinski definition) is 1. The van der Waals surface area contributed by atoms with Gasteiger partial charge in [-0.1, -0.05) is 13.8 Å². The first-order valence-electron chi connectivity index (χ1n) is 6.35. The van der Waals surface area contributed by atoms with Crippen molar-refractivity contribution in [1.29, 1.82) is 0 Å². The third-order valence-corrected chi connectivity index (χ3v) is 3.33. The highest BCUT2D eigenvalue weighted by atomic mass is 79.9. The molecule has 0 aliphatic heterocycles. The summed E-state index contributed by atoms with van der Waals surface area (Å²) in [5, 5.41) is 3.31. The van der Waals surface area contributed by atoms with Gasteiger partial charge in [0, 0.05) is 36.6 Å². The van der Waals surface area contributed by atoms with Crippen LogP contribution in [0.25, 0.3) is 0 Å². The van der Waals surface area contributed by atoms with Gasteiger partial charge in [-0.25, -0.2) is 4.39 Å². The Labute approximate surface area is 126 Å². The van der Waals surface area contributed by atoms with Gasteiger partial charge in [0.25, 0.3) is 0 Å². The zero-order valence-corrected chi connectivity index (χ0v) is 12.9. The summed E-state index contributed by atoms with van der Waals surface area (Å²) in [6, 6.07) is 6.49. The van der Waals surface area contributed by atoms with Gasteiger partial charge in [0.2, 0.25) is 0 Å². The molecule has 0 spiro atoms. The second kappa shape index (κ2) is 6.81. The van der Waals surface area contributed by atoms with Crippen molar-refractivity contribution in [3.05, 3.63) is 52.5 Å². The lowest BCUT2D eigenvalue weighted by molar-refractivity contribution is 0.461. The summed E-state index contributed by atoms with van der Waals surface area (Å²) >= 11 is 3.35. The molecule has 0 unspecified atom stereocenters. The summed E-state index contributed by atoms with van der Waals surface area (Å²) in [5.41, 5.74) is 0.928. The Morgan fingerprint density at radius 1 is 1.30 bits per heavy atom. The van der Waals surface area contributed by atoms with Crippen LogP contribution in [0.15, 0.2) is 41.1 Å². The van der Waals surface area contributed by atoms with Gasteiger partial charge >= 0.3 is 0 Å². The molecule has 0 saturated heterocycles. The van der Waals surface area contributed by atoms with Gasteiger partial charge in [-0.05, 0) is 34.1 Å². The zero-order chi connectivity index (χ0) is 14.5. The van der Waals surface area contributed by atoms with Gasteiger partial charge in [-0.2, -0.15) is 0 Å². The molecule has 0 bridgehead atoms. The number of nitrogens with one attached hydrogen (secondary N) is 1. The number of benzene rings is 1. The van der Waals surface area contributed by atoms with Crippen LogP contribution in [-0.2, 0) is 6.54 Å². The average molecular weight is 339 g/mol. The van der Waals surface area contributed by atoms with E-state index in [1.807, 2.05) is 0 Å². The van der Waals surface area contributed by atoms with Crippen LogP contribution in [0.1, 0.15) is 19.4 Å². The lowest BCUT2D eigenvalue weighted by atomic mass is 10.2. The topological polar surface area (TPSA) is 34.2 Å². The molecule has 0 amide bonds. The second-order valence-corrected chi connectivity index (χ2v) is 5.55. The fourth-order valence-corrected chi connectivity index (χ4v) is 1.96. The summed E-state index contributed by atoms with van der Waals surface area (Å²) in [4.78, 5) is 4.10. The fraction of sp³-hybridized carbons (Fsp3) is 0.267. The maximum absolute atomic E-state index is 13.3. The van der Waals surface area contributed by atoms with Crippen molar-refractivity contribution < 1.29 is 9.13 Å². The highest BCUT2D eigenvalue weighted by Gasteiger charge is 2.09. The summed E-state index contributed by atoms with van der Waals surface area (Å²) in [6.07, 6.45) is 3.40. The minimum Gasteiger partial charge on any atom is -0.456 e. The van der Waals surface area contributed by atoms with Crippen molar-refractivity contribution in [2.24, 2.45) is 0 Å². The molecule has 106 valence electrons. The van der Waals surface area contributed by atoms with E-state index in [1.165, 1.54) is 12.1 Å². The number of rotatable bonds is 5. The van der Waals surface area contributed by atoms with Crippen LogP contribution in [0.5, 0.6) is 11.5 Å². The molecule has 0 fully saturated rings. The van der Waals surface area contributed by atoms with Crippen LogP contribution in [0, 0.1) is 5.82 Å². The monoisotopic (exact) mass is 338 g/mol. The van der Waals surface area contributed by atoms with Crippen molar-refractivity contribution >= 4 is 15.9 Å². The SMILES string of the molecule is CC(C)NCc1cnccc1Oc1cc(F)ccc1Br. The number of ether oxygens (including phenoxy) is 1. The highest BCUT2D eigenvalue weighted by molar-refractivity contribution is 9.10. The molecule has 3 nitrogen and oxygen atoms in total. The predicted molar refractivity (Wildman–Crippen MR) is 80.4 cm³/mol. The predicted octanol–water partition coefficient (Wildman–Crippen LogP) is 4.27. The smallest absolute Gasteiger partial charge is 0.144 e. The minimum atomic E-state index is -0.334. The van der Waals surface area contributed by atoms with Gasteiger partial charge in [0.1, 0.15) is 17.3 Å². The molecule has 5 heteroatoms. The van der Waals surface area contributed by atoms with Gasteiger partial charge in [-0.15, -0.1) is 0 Å². The van der Waals surface area contributed by atoms with E-state index in [0.29, 0.717) is 28.6 Å². The van der Waals surface area contributed by atoms with E-state index < -0.39 is 0 Å². The highest BCUT2D eigenvalue weighted by Crippen LogP contribution is 2.31. The van der Waals surface area contributed by atoms with Gasteiger partial charge < -0.3 is 10.1 Å². The Bertz CT molecular complexity index is 590. The Hall–Kier alpha value is -1.46. The molecule has 20 heavy (non-hydrogen) atoms. The molecule has 1 aromatic carbocycles. The normalized spacial score (nSPS) is 10.8. The molecule has 1 N–H and O–H groups in total. The molecule has 2 rings (SSSR count). The zero-order valence-electron chi connectivity index (χ0n) is 11.4. The Kier molecular flexibility index (Phi) is 5.09. The van der Waals surface area contributed by atoms with Crippen LogP contribution >= 0.6 is 15.9 Å². The summed E-state index contributed by atoms with van der Waals surface area (Å²) in [7, 11) is 0. The molecule has 0 aliphatic carbocycles. The Morgan fingerprint density at radius 3 is 2.85 bits per heavy atom. The van der Waals surface area contributed by atoms with Gasteiger partial charge in [-0.3, -0.25) is 4.98 Å². The van der Waals surface area contributed by atoms with Crippen LogP contribution in [0.4, 0.5) is 4.39 Å². The molecule has 0 saturated carbocycles. The van der Waals surface area contributed by atoms with E-state index in [1.54, 1.807) is 24.5 Å². The number of hydrogen-bond acceptors (Lipinski definition) is 3. The third kappa shape index (κ3) is 4.02. The summed E-state index contributed by atoms with van der Waals surface area (Å²) in [5.74, 6) is 0.778. The molecule has 1 heterocycles. The molecule has 0 atom stereocenters. The fourth-order valence-electron chi connectivity index (χ4n) is 1.63. The van der Waals surface area contributed by atoms with Crippen LogP contribution in [0.3, 0.4) is 0 Å². The van der Waals surface area contributed by atoms with E-state index in [2.05, 4.69) is 40.1 Å². The molecular formula is C15H16BrFN2O. The van der Waals surface area contributed by atoms with E-state index in [-0.39, 0.29) is 5.82 Å². The standard InChI is InChI=1S/C15H16BrFN2O/c1-10(2)19-9-11-8-18-6-5-14(11)20-15-7-12(17)3-4-13(15)16/h3-8,10,19H,9H2,1-2H3. The quantitative estimate of drug-likeness (QED) is 0.883.